The molecule has 30 heavy (non-hydrogen) atoms. The van der Waals surface area contributed by atoms with Gasteiger partial charge in [0.25, 0.3) is 15.9 Å². The molecule has 3 aromatic carbocycles. The van der Waals surface area contributed by atoms with Crippen molar-refractivity contribution in [1.82, 2.24) is 0 Å². The molecule has 0 aliphatic heterocycles. The third-order valence-corrected chi connectivity index (χ3v) is 6.20. The van der Waals surface area contributed by atoms with Gasteiger partial charge in [0.2, 0.25) is 0 Å². The Morgan fingerprint density at radius 2 is 1.53 bits per heavy atom. The summed E-state index contributed by atoms with van der Waals surface area (Å²) in [6, 6.07) is 12.1. The van der Waals surface area contributed by atoms with Gasteiger partial charge in [0, 0.05) is 17.3 Å². The van der Waals surface area contributed by atoms with Gasteiger partial charge in [-0.05, 0) is 73.9 Å². The van der Waals surface area contributed by atoms with E-state index < -0.39 is 27.6 Å². The molecular formula is C22H20F2N2O3S. The summed E-state index contributed by atoms with van der Waals surface area (Å²) in [5.41, 5.74) is 2.61. The van der Waals surface area contributed by atoms with Gasteiger partial charge in [0.15, 0.2) is 0 Å². The van der Waals surface area contributed by atoms with Crippen LogP contribution in [0.3, 0.4) is 0 Å². The second-order valence-electron chi connectivity index (χ2n) is 6.96. The Bertz CT molecular complexity index is 1240. The van der Waals surface area contributed by atoms with Crippen molar-refractivity contribution in [3.05, 3.63) is 88.5 Å². The molecule has 3 aromatic rings. The molecule has 0 aromatic heterocycles. The topological polar surface area (TPSA) is 75.3 Å². The van der Waals surface area contributed by atoms with Crippen LogP contribution in [0.4, 0.5) is 20.2 Å². The molecule has 0 saturated heterocycles. The highest BCUT2D eigenvalue weighted by Gasteiger charge is 2.20. The number of sulfonamides is 1. The summed E-state index contributed by atoms with van der Waals surface area (Å²) in [6.45, 7) is 5.40. The molecule has 0 atom stereocenters. The minimum Gasteiger partial charge on any atom is -0.319 e. The SMILES string of the molecule is Cc1ccc(NS(=O)(=O)c2cc(C(=O)Nc3ccc(F)cc3F)ccc2C)cc1C. The third-order valence-electron chi connectivity index (χ3n) is 4.68. The number of nitrogens with one attached hydrogen (secondary N) is 2. The molecule has 2 N–H and O–H groups in total. The number of anilines is 2. The van der Waals surface area contributed by atoms with Crippen molar-refractivity contribution in [2.45, 2.75) is 25.7 Å². The molecule has 0 bridgehead atoms. The van der Waals surface area contributed by atoms with Gasteiger partial charge in [0.05, 0.1) is 10.6 Å². The summed E-state index contributed by atoms with van der Waals surface area (Å²) in [6.07, 6.45) is 0. The van der Waals surface area contributed by atoms with Crippen LogP contribution in [-0.4, -0.2) is 14.3 Å². The van der Waals surface area contributed by atoms with E-state index in [1.807, 2.05) is 13.8 Å². The summed E-state index contributed by atoms with van der Waals surface area (Å²) < 4.78 is 55.1. The molecule has 0 saturated carbocycles. The molecule has 8 heteroatoms. The van der Waals surface area contributed by atoms with E-state index >= 15 is 0 Å². The Labute approximate surface area is 173 Å². The minimum atomic E-state index is -3.97. The van der Waals surface area contributed by atoms with E-state index in [1.165, 1.54) is 18.2 Å². The van der Waals surface area contributed by atoms with E-state index in [0.717, 1.165) is 23.3 Å². The molecule has 0 aliphatic rings. The molecule has 1 amide bonds. The van der Waals surface area contributed by atoms with E-state index in [0.29, 0.717) is 17.3 Å². The minimum absolute atomic E-state index is 0.0183. The summed E-state index contributed by atoms with van der Waals surface area (Å²) in [7, 11) is -3.97. The van der Waals surface area contributed by atoms with Crippen LogP contribution < -0.4 is 10.0 Å². The molecule has 156 valence electrons. The van der Waals surface area contributed by atoms with Gasteiger partial charge in [-0.1, -0.05) is 12.1 Å². The largest absolute Gasteiger partial charge is 0.319 e. The van der Waals surface area contributed by atoms with Crippen LogP contribution in [0.1, 0.15) is 27.0 Å². The van der Waals surface area contributed by atoms with Crippen molar-refractivity contribution in [1.29, 1.82) is 0 Å². The summed E-state index contributed by atoms with van der Waals surface area (Å²) >= 11 is 0. The van der Waals surface area contributed by atoms with Crippen LogP contribution in [0, 0.1) is 32.4 Å². The molecule has 0 spiro atoms. The highest BCUT2D eigenvalue weighted by Crippen LogP contribution is 2.23. The lowest BCUT2D eigenvalue weighted by molar-refractivity contribution is 0.102. The van der Waals surface area contributed by atoms with Gasteiger partial charge in [-0.3, -0.25) is 9.52 Å². The van der Waals surface area contributed by atoms with Crippen LogP contribution in [0.2, 0.25) is 0 Å². The molecule has 0 unspecified atom stereocenters. The predicted octanol–water partition coefficient (Wildman–Crippen LogP) is 4.94. The molecule has 0 heterocycles. The lowest BCUT2D eigenvalue weighted by Crippen LogP contribution is -2.17. The van der Waals surface area contributed by atoms with E-state index in [-0.39, 0.29) is 16.1 Å². The Hall–Kier alpha value is -3.26. The highest BCUT2D eigenvalue weighted by atomic mass is 32.2. The van der Waals surface area contributed by atoms with E-state index in [9.17, 15) is 22.0 Å². The number of benzene rings is 3. The predicted molar refractivity (Wildman–Crippen MR) is 112 cm³/mol. The van der Waals surface area contributed by atoms with Crippen molar-refractivity contribution in [3.63, 3.8) is 0 Å². The van der Waals surface area contributed by atoms with Crippen molar-refractivity contribution in [2.24, 2.45) is 0 Å². The van der Waals surface area contributed by atoms with Gasteiger partial charge in [-0.15, -0.1) is 0 Å². The molecular weight excluding hydrogens is 410 g/mol. The fourth-order valence-electron chi connectivity index (χ4n) is 2.83. The Morgan fingerprint density at radius 3 is 2.20 bits per heavy atom. The summed E-state index contributed by atoms with van der Waals surface area (Å²) in [5.74, 6) is -2.42. The van der Waals surface area contributed by atoms with Gasteiger partial charge >= 0.3 is 0 Å². The zero-order chi connectivity index (χ0) is 22.1. The Kier molecular flexibility index (Phi) is 5.89. The molecule has 0 aliphatic carbocycles. The second-order valence-corrected chi connectivity index (χ2v) is 8.61. The maximum atomic E-state index is 13.8. The standard InChI is InChI=1S/C22H20F2N2O3S/c1-13-5-8-18(10-15(13)3)26-30(28,29)21-11-16(6-4-14(21)2)22(27)25-20-9-7-17(23)12-19(20)24/h4-12,26H,1-3H3,(H,25,27). The van der Waals surface area contributed by atoms with E-state index in [1.54, 1.807) is 25.1 Å². The number of carbonyl (C=O) groups excluding carboxylic acids is 1. The average Bonchev–Trinajstić information content (AvgIpc) is 2.67. The number of hydrogen-bond donors (Lipinski definition) is 2. The molecule has 0 radical (unpaired) electrons. The van der Waals surface area contributed by atoms with Gasteiger partial charge in [0.1, 0.15) is 11.6 Å². The Morgan fingerprint density at radius 1 is 0.833 bits per heavy atom. The fraction of sp³-hybridized carbons (Fsp3) is 0.136. The maximum Gasteiger partial charge on any atom is 0.262 e. The fourth-order valence-corrected chi connectivity index (χ4v) is 4.15. The monoisotopic (exact) mass is 430 g/mol. The first-order valence-electron chi connectivity index (χ1n) is 9.04. The molecule has 0 fully saturated rings. The van der Waals surface area contributed by atoms with Gasteiger partial charge in [-0.2, -0.15) is 0 Å². The van der Waals surface area contributed by atoms with Crippen molar-refractivity contribution in [2.75, 3.05) is 10.0 Å². The number of aryl methyl sites for hydroxylation is 3. The number of halogens is 2. The first-order valence-corrected chi connectivity index (χ1v) is 10.5. The zero-order valence-electron chi connectivity index (χ0n) is 16.6. The van der Waals surface area contributed by atoms with Gasteiger partial charge in [-0.25, -0.2) is 17.2 Å². The van der Waals surface area contributed by atoms with Crippen molar-refractivity contribution >= 4 is 27.3 Å². The molecule has 5 nitrogen and oxygen atoms in total. The lowest BCUT2D eigenvalue weighted by atomic mass is 10.1. The van der Waals surface area contributed by atoms with E-state index in [4.69, 9.17) is 0 Å². The average molecular weight is 430 g/mol. The Balaban J connectivity index is 1.89. The second kappa shape index (κ2) is 8.23. The van der Waals surface area contributed by atoms with E-state index in [2.05, 4.69) is 10.0 Å². The summed E-state index contributed by atoms with van der Waals surface area (Å²) in [5, 5.41) is 2.32. The normalized spacial score (nSPS) is 11.2. The third kappa shape index (κ3) is 4.65. The van der Waals surface area contributed by atoms with Crippen LogP contribution in [0.25, 0.3) is 0 Å². The number of hydrogen-bond acceptors (Lipinski definition) is 3. The number of amides is 1. The highest BCUT2D eigenvalue weighted by molar-refractivity contribution is 7.92. The van der Waals surface area contributed by atoms with Crippen molar-refractivity contribution in [3.8, 4) is 0 Å². The lowest BCUT2D eigenvalue weighted by Gasteiger charge is -2.13. The van der Waals surface area contributed by atoms with Crippen LogP contribution in [-0.2, 0) is 10.0 Å². The van der Waals surface area contributed by atoms with Crippen LogP contribution >= 0.6 is 0 Å². The van der Waals surface area contributed by atoms with Gasteiger partial charge < -0.3 is 5.32 Å². The smallest absolute Gasteiger partial charge is 0.262 e. The first-order chi connectivity index (χ1) is 14.1. The molecule has 3 rings (SSSR count). The zero-order valence-corrected chi connectivity index (χ0v) is 17.4. The number of carbonyl (C=O) groups is 1. The first kappa shape index (κ1) is 21.4. The van der Waals surface area contributed by atoms with Crippen molar-refractivity contribution < 1.29 is 22.0 Å². The maximum absolute atomic E-state index is 13.8. The number of rotatable bonds is 5. The quantitative estimate of drug-likeness (QED) is 0.602. The summed E-state index contributed by atoms with van der Waals surface area (Å²) in [4.78, 5) is 12.4. The van der Waals surface area contributed by atoms with Crippen LogP contribution in [0.5, 0.6) is 0 Å². The van der Waals surface area contributed by atoms with Crippen LogP contribution in [0.15, 0.2) is 59.5 Å².